The van der Waals surface area contributed by atoms with Gasteiger partial charge in [0.2, 0.25) is 6.29 Å². The van der Waals surface area contributed by atoms with Gasteiger partial charge in [0.1, 0.15) is 0 Å². The third-order valence-electron chi connectivity index (χ3n) is 1.05. The first-order chi connectivity index (χ1) is 4.34. The molecule has 0 bridgehead atoms. The summed E-state index contributed by atoms with van der Waals surface area (Å²) in [6.45, 7) is 0.539. The van der Waals surface area contributed by atoms with Crippen LogP contribution in [-0.4, -0.2) is 30.0 Å². The highest BCUT2D eigenvalue weighted by Gasteiger charge is 2.12. The molecule has 0 unspecified atom stereocenters. The van der Waals surface area contributed by atoms with E-state index in [2.05, 4.69) is 5.10 Å². The summed E-state index contributed by atoms with van der Waals surface area (Å²) in [5.41, 5.74) is 0. The number of amides is 1. The van der Waals surface area contributed by atoms with Gasteiger partial charge in [-0.1, -0.05) is 0 Å². The Morgan fingerprint density at radius 1 is 1.78 bits per heavy atom. The standard InChI is InChI=1S/C5H6N2O2/c8-4-5(9)7-3-1-2-6-7/h2,4H,1,3H2. The molecular formula is C5H6N2O2. The lowest BCUT2D eigenvalue weighted by Crippen LogP contribution is -2.23. The molecule has 1 heterocycles. The van der Waals surface area contributed by atoms with E-state index < -0.39 is 5.91 Å². The minimum Gasteiger partial charge on any atom is -0.292 e. The molecule has 9 heavy (non-hydrogen) atoms. The topological polar surface area (TPSA) is 49.7 Å². The third kappa shape index (κ3) is 1.13. The van der Waals surface area contributed by atoms with E-state index in [1.165, 1.54) is 0 Å². The van der Waals surface area contributed by atoms with Gasteiger partial charge in [-0.05, 0) is 0 Å². The molecule has 4 nitrogen and oxygen atoms in total. The number of rotatable bonds is 1. The zero-order chi connectivity index (χ0) is 6.69. The first-order valence-corrected chi connectivity index (χ1v) is 2.63. The fourth-order valence-corrected chi connectivity index (χ4v) is 0.622. The molecule has 0 aromatic carbocycles. The van der Waals surface area contributed by atoms with Crippen LogP contribution >= 0.6 is 0 Å². The molecule has 1 amide bonds. The molecule has 0 radical (unpaired) electrons. The molecule has 1 aliphatic heterocycles. The van der Waals surface area contributed by atoms with Crippen molar-refractivity contribution in [3.05, 3.63) is 0 Å². The van der Waals surface area contributed by atoms with Crippen molar-refractivity contribution < 1.29 is 9.59 Å². The number of carbonyl (C=O) groups excluding carboxylic acids is 2. The number of hydrogen-bond acceptors (Lipinski definition) is 3. The maximum atomic E-state index is 10.5. The minimum absolute atomic E-state index is 0.267. The highest BCUT2D eigenvalue weighted by atomic mass is 16.2. The number of hydrazone groups is 1. The molecule has 0 aromatic rings. The Bertz CT molecular complexity index is 164. The molecule has 48 valence electrons. The Labute approximate surface area is 52.1 Å². The fourth-order valence-electron chi connectivity index (χ4n) is 0.622. The fraction of sp³-hybridized carbons (Fsp3) is 0.400. The molecule has 0 aromatic heterocycles. The highest BCUT2D eigenvalue weighted by Crippen LogP contribution is 1.97. The van der Waals surface area contributed by atoms with Crippen molar-refractivity contribution in [1.82, 2.24) is 5.01 Å². The monoisotopic (exact) mass is 126 g/mol. The first kappa shape index (κ1) is 5.94. The Kier molecular flexibility index (Phi) is 1.58. The van der Waals surface area contributed by atoms with Gasteiger partial charge in [-0.25, -0.2) is 5.01 Å². The molecule has 0 N–H and O–H groups in total. The Hall–Kier alpha value is -1.19. The van der Waals surface area contributed by atoms with Crippen LogP contribution in [0.2, 0.25) is 0 Å². The van der Waals surface area contributed by atoms with Gasteiger partial charge >= 0.3 is 5.91 Å². The van der Waals surface area contributed by atoms with Crippen molar-refractivity contribution in [2.24, 2.45) is 5.10 Å². The third-order valence-corrected chi connectivity index (χ3v) is 1.05. The van der Waals surface area contributed by atoms with Crippen molar-refractivity contribution >= 4 is 18.4 Å². The van der Waals surface area contributed by atoms with Crippen molar-refractivity contribution in [3.8, 4) is 0 Å². The Morgan fingerprint density at radius 2 is 2.56 bits per heavy atom. The van der Waals surface area contributed by atoms with E-state index in [1.807, 2.05) is 0 Å². The summed E-state index contributed by atoms with van der Waals surface area (Å²) in [6, 6.07) is 0. The van der Waals surface area contributed by atoms with Gasteiger partial charge in [-0.2, -0.15) is 5.10 Å². The number of aldehydes is 1. The zero-order valence-corrected chi connectivity index (χ0v) is 4.78. The van der Waals surface area contributed by atoms with Crippen molar-refractivity contribution in [2.45, 2.75) is 6.42 Å². The average Bonchev–Trinajstić information content (AvgIpc) is 2.37. The van der Waals surface area contributed by atoms with Crippen LogP contribution in [-0.2, 0) is 9.59 Å². The largest absolute Gasteiger partial charge is 0.306 e. The number of nitrogens with zero attached hydrogens (tertiary/aromatic N) is 2. The van der Waals surface area contributed by atoms with Crippen molar-refractivity contribution in [2.75, 3.05) is 6.54 Å². The van der Waals surface area contributed by atoms with E-state index >= 15 is 0 Å². The normalized spacial score (nSPS) is 16.2. The van der Waals surface area contributed by atoms with E-state index in [4.69, 9.17) is 0 Å². The van der Waals surface area contributed by atoms with Gasteiger partial charge in [-0.15, -0.1) is 0 Å². The molecule has 0 atom stereocenters. The van der Waals surface area contributed by atoms with E-state index in [9.17, 15) is 9.59 Å². The van der Waals surface area contributed by atoms with Gasteiger partial charge in [0.15, 0.2) is 0 Å². The van der Waals surface area contributed by atoms with Crippen LogP contribution in [0.15, 0.2) is 5.10 Å². The molecule has 1 rings (SSSR count). The first-order valence-electron chi connectivity index (χ1n) is 2.63. The molecule has 0 fully saturated rings. The van der Waals surface area contributed by atoms with Crippen LogP contribution in [0.3, 0.4) is 0 Å². The molecule has 4 heteroatoms. The van der Waals surface area contributed by atoms with Gasteiger partial charge in [0.05, 0.1) is 0 Å². The summed E-state index contributed by atoms with van der Waals surface area (Å²) < 4.78 is 0. The van der Waals surface area contributed by atoms with E-state index in [1.54, 1.807) is 6.21 Å². The summed E-state index contributed by atoms with van der Waals surface area (Å²) in [6.07, 6.45) is 2.63. The van der Waals surface area contributed by atoms with Gasteiger partial charge in [-0.3, -0.25) is 9.59 Å². The molecule has 1 aliphatic rings. The van der Waals surface area contributed by atoms with Crippen molar-refractivity contribution in [3.63, 3.8) is 0 Å². The van der Waals surface area contributed by atoms with Crippen LogP contribution in [0.1, 0.15) is 6.42 Å². The Morgan fingerprint density at radius 3 is 3.00 bits per heavy atom. The van der Waals surface area contributed by atoms with Gasteiger partial charge < -0.3 is 0 Å². The SMILES string of the molecule is O=CC(=O)N1CCC=N1. The van der Waals surface area contributed by atoms with E-state index in [0.29, 0.717) is 6.54 Å². The summed E-state index contributed by atoms with van der Waals surface area (Å²) in [7, 11) is 0. The van der Waals surface area contributed by atoms with Crippen LogP contribution in [0.5, 0.6) is 0 Å². The second-order valence-corrected chi connectivity index (χ2v) is 1.67. The van der Waals surface area contributed by atoms with Crippen LogP contribution in [0.25, 0.3) is 0 Å². The smallest absolute Gasteiger partial charge is 0.292 e. The lowest BCUT2D eigenvalue weighted by atomic mass is 10.5. The van der Waals surface area contributed by atoms with Crippen LogP contribution in [0, 0.1) is 0 Å². The lowest BCUT2D eigenvalue weighted by Gasteiger charge is -2.04. The van der Waals surface area contributed by atoms with Crippen molar-refractivity contribution in [1.29, 1.82) is 0 Å². The predicted molar refractivity (Wildman–Crippen MR) is 30.9 cm³/mol. The van der Waals surface area contributed by atoms with Gasteiger partial charge in [0.25, 0.3) is 0 Å². The number of hydrogen-bond donors (Lipinski definition) is 0. The van der Waals surface area contributed by atoms with Crippen LogP contribution in [0.4, 0.5) is 0 Å². The highest BCUT2D eigenvalue weighted by molar-refractivity contribution is 6.23. The number of carbonyl (C=O) groups is 2. The van der Waals surface area contributed by atoms with E-state index in [0.717, 1.165) is 11.4 Å². The maximum absolute atomic E-state index is 10.5. The minimum atomic E-state index is -0.566. The second-order valence-electron chi connectivity index (χ2n) is 1.67. The zero-order valence-electron chi connectivity index (χ0n) is 4.78. The maximum Gasteiger partial charge on any atom is 0.306 e. The average molecular weight is 126 g/mol. The summed E-state index contributed by atoms with van der Waals surface area (Å²) >= 11 is 0. The second kappa shape index (κ2) is 2.39. The molecule has 0 saturated carbocycles. The van der Waals surface area contributed by atoms with Gasteiger partial charge in [0, 0.05) is 19.2 Å². The summed E-state index contributed by atoms with van der Waals surface area (Å²) in [4.78, 5) is 20.3. The molecule has 0 aliphatic carbocycles. The molecular weight excluding hydrogens is 120 g/mol. The molecule has 0 saturated heterocycles. The summed E-state index contributed by atoms with van der Waals surface area (Å²) in [5.74, 6) is -0.566. The van der Waals surface area contributed by atoms with Crippen LogP contribution < -0.4 is 0 Å². The molecule has 0 spiro atoms. The predicted octanol–water partition coefficient (Wildman–Crippen LogP) is -0.597. The van der Waals surface area contributed by atoms with E-state index in [-0.39, 0.29) is 6.29 Å². The quantitative estimate of drug-likeness (QED) is 0.348. The lowest BCUT2D eigenvalue weighted by molar-refractivity contribution is -0.138. The Balaban J connectivity index is 2.52. The summed E-state index contributed by atoms with van der Waals surface area (Å²) in [5, 5.41) is 4.78.